The molecule has 1 amide bonds. The second kappa shape index (κ2) is 6.36. The standard InChI is InChI=1S/C20H18N4O/c1-2-23(14-16-13-21-19-9-5-6-12-24(16)19)20(25)18-11-10-15-7-3-4-8-17(15)22-18/h3-13H,2,14H2,1H3. The molecule has 0 saturated heterocycles. The molecule has 25 heavy (non-hydrogen) atoms. The minimum atomic E-state index is -0.0702. The van der Waals surface area contributed by atoms with Crippen LogP contribution in [0.4, 0.5) is 0 Å². The fraction of sp³-hybridized carbons (Fsp3) is 0.150. The molecule has 3 heterocycles. The molecule has 3 aromatic heterocycles. The maximum Gasteiger partial charge on any atom is 0.272 e. The van der Waals surface area contributed by atoms with Crippen LogP contribution in [0.2, 0.25) is 0 Å². The average Bonchev–Trinajstić information content (AvgIpc) is 3.08. The zero-order valence-corrected chi connectivity index (χ0v) is 14.0. The van der Waals surface area contributed by atoms with Crippen molar-refractivity contribution in [3.8, 4) is 0 Å². The van der Waals surface area contributed by atoms with Crippen LogP contribution in [0.25, 0.3) is 16.6 Å². The van der Waals surface area contributed by atoms with E-state index in [4.69, 9.17) is 0 Å². The number of hydrogen-bond donors (Lipinski definition) is 0. The number of nitrogens with zero attached hydrogens (tertiary/aromatic N) is 4. The first-order chi connectivity index (χ1) is 12.3. The minimum absolute atomic E-state index is 0.0702. The lowest BCUT2D eigenvalue weighted by Crippen LogP contribution is -2.31. The molecule has 0 unspecified atom stereocenters. The van der Waals surface area contributed by atoms with Gasteiger partial charge in [0.15, 0.2) is 0 Å². The van der Waals surface area contributed by atoms with Crippen LogP contribution in [0.15, 0.2) is 67.0 Å². The van der Waals surface area contributed by atoms with Gasteiger partial charge < -0.3 is 9.30 Å². The second-order valence-electron chi connectivity index (χ2n) is 5.89. The molecule has 0 spiro atoms. The number of amides is 1. The summed E-state index contributed by atoms with van der Waals surface area (Å²) in [5, 5.41) is 1.03. The number of hydrogen-bond acceptors (Lipinski definition) is 3. The largest absolute Gasteiger partial charge is 0.332 e. The van der Waals surface area contributed by atoms with Gasteiger partial charge in [-0.15, -0.1) is 0 Å². The molecule has 0 atom stereocenters. The Bertz CT molecular complexity index is 1050. The van der Waals surface area contributed by atoms with Gasteiger partial charge in [-0.2, -0.15) is 0 Å². The van der Waals surface area contributed by atoms with E-state index in [0.717, 1.165) is 22.2 Å². The predicted molar refractivity (Wildman–Crippen MR) is 97.3 cm³/mol. The maximum absolute atomic E-state index is 12.9. The van der Waals surface area contributed by atoms with E-state index >= 15 is 0 Å². The number of rotatable bonds is 4. The van der Waals surface area contributed by atoms with Gasteiger partial charge in [-0.3, -0.25) is 4.79 Å². The van der Waals surface area contributed by atoms with E-state index < -0.39 is 0 Å². The zero-order valence-electron chi connectivity index (χ0n) is 14.0. The highest BCUT2D eigenvalue weighted by molar-refractivity contribution is 5.94. The van der Waals surface area contributed by atoms with E-state index in [1.165, 1.54) is 0 Å². The van der Waals surface area contributed by atoms with Gasteiger partial charge in [-0.05, 0) is 31.2 Å². The van der Waals surface area contributed by atoms with Crippen LogP contribution in [-0.4, -0.2) is 31.7 Å². The lowest BCUT2D eigenvalue weighted by atomic mass is 10.2. The Labute approximate surface area is 145 Å². The van der Waals surface area contributed by atoms with Gasteiger partial charge in [0, 0.05) is 18.1 Å². The van der Waals surface area contributed by atoms with Gasteiger partial charge in [-0.25, -0.2) is 9.97 Å². The molecular formula is C20H18N4O. The highest BCUT2D eigenvalue weighted by Gasteiger charge is 2.18. The van der Waals surface area contributed by atoms with Crippen LogP contribution in [0.1, 0.15) is 23.1 Å². The molecule has 0 saturated carbocycles. The molecule has 4 aromatic rings. The van der Waals surface area contributed by atoms with E-state index in [1.807, 2.05) is 72.2 Å². The normalized spacial score (nSPS) is 11.1. The third-order valence-electron chi connectivity index (χ3n) is 4.33. The Balaban J connectivity index is 1.64. The molecule has 5 heteroatoms. The molecule has 124 valence electrons. The van der Waals surface area contributed by atoms with Crippen LogP contribution in [0.5, 0.6) is 0 Å². The van der Waals surface area contributed by atoms with Gasteiger partial charge in [0.2, 0.25) is 0 Å². The van der Waals surface area contributed by atoms with Crippen molar-refractivity contribution >= 4 is 22.5 Å². The topological polar surface area (TPSA) is 50.5 Å². The Kier molecular flexibility index (Phi) is 3.90. The minimum Gasteiger partial charge on any atom is -0.332 e. The summed E-state index contributed by atoms with van der Waals surface area (Å²) in [4.78, 5) is 23.6. The van der Waals surface area contributed by atoms with Gasteiger partial charge in [0.05, 0.1) is 24.0 Å². The van der Waals surface area contributed by atoms with E-state index in [1.54, 1.807) is 11.0 Å². The molecule has 0 N–H and O–H groups in total. The van der Waals surface area contributed by atoms with Crippen molar-refractivity contribution in [1.82, 2.24) is 19.3 Å². The van der Waals surface area contributed by atoms with E-state index in [0.29, 0.717) is 18.8 Å². The average molecular weight is 330 g/mol. The Morgan fingerprint density at radius 3 is 2.80 bits per heavy atom. The smallest absolute Gasteiger partial charge is 0.272 e. The quantitative estimate of drug-likeness (QED) is 0.575. The fourth-order valence-electron chi connectivity index (χ4n) is 2.97. The summed E-state index contributed by atoms with van der Waals surface area (Å²) in [6, 6.07) is 17.4. The molecule has 0 aliphatic rings. The van der Waals surface area contributed by atoms with Gasteiger partial charge in [0.25, 0.3) is 5.91 Å². The van der Waals surface area contributed by atoms with Gasteiger partial charge in [-0.1, -0.05) is 30.3 Å². The monoisotopic (exact) mass is 330 g/mol. The highest BCUT2D eigenvalue weighted by Crippen LogP contribution is 2.15. The highest BCUT2D eigenvalue weighted by atomic mass is 16.2. The van der Waals surface area contributed by atoms with Crippen molar-refractivity contribution in [3.63, 3.8) is 0 Å². The van der Waals surface area contributed by atoms with Crippen molar-refractivity contribution in [2.75, 3.05) is 6.54 Å². The molecule has 0 aliphatic heterocycles. The summed E-state index contributed by atoms with van der Waals surface area (Å²) >= 11 is 0. The van der Waals surface area contributed by atoms with E-state index in [-0.39, 0.29) is 5.91 Å². The summed E-state index contributed by atoms with van der Waals surface area (Å²) in [7, 11) is 0. The van der Waals surface area contributed by atoms with Gasteiger partial charge >= 0.3 is 0 Å². The second-order valence-corrected chi connectivity index (χ2v) is 5.89. The first-order valence-electron chi connectivity index (χ1n) is 8.32. The summed E-state index contributed by atoms with van der Waals surface area (Å²) in [6.45, 7) is 3.07. The summed E-state index contributed by atoms with van der Waals surface area (Å²) in [5.74, 6) is -0.0702. The lowest BCUT2D eigenvalue weighted by molar-refractivity contribution is 0.0745. The number of carbonyl (C=O) groups excluding carboxylic acids is 1. The first kappa shape index (κ1) is 15.3. The van der Waals surface area contributed by atoms with Crippen molar-refractivity contribution < 1.29 is 4.79 Å². The van der Waals surface area contributed by atoms with Crippen LogP contribution in [0.3, 0.4) is 0 Å². The number of para-hydroxylation sites is 1. The number of imidazole rings is 1. The molecule has 0 aliphatic carbocycles. The first-order valence-corrected chi connectivity index (χ1v) is 8.32. The molecule has 4 rings (SSSR count). The summed E-state index contributed by atoms with van der Waals surface area (Å²) < 4.78 is 2.00. The third kappa shape index (κ3) is 2.85. The van der Waals surface area contributed by atoms with Crippen LogP contribution in [-0.2, 0) is 6.54 Å². The number of fused-ring (bicyclic) bond motifs is 2. The summed E-state index contributed by atoms with van der Waals surface area (Å²) in [6.07, 6.45) is 3.78. The molecule has 0 bridgehead atoms. The van der Waals surface area contributed by atoms with Crippen LogP contribution >= 0.6 is 0 Å². The van der Waals surface area contributed by atoms with E-state index in [9.17, 15) is 4.79 Å². The Morgan fingerprint density at radius 1 is 1.08 bits per heavy atom. The van der Waals surface area contributed by atoms with Crippen molar-refractivity contribution in [3.05, 3.63) is 78.4 Å². The number of aromatic nitrogens is 3. The molecule has 5 nitrogen and oxygen atoms in total. The molecular weight excluding hydrogens is 312 g/mol. The zero-order chi connectivity index (χ0) is 17.2. The molecule has 1 aromatic carbocycles. The van der Waals surface area contributed by atoms with Crippen molar-refractivity contribution in [2.45, 2.75) is 13.5 Å². The Hall–Kier alpha value is -3.21. The number of benzene rings is 1. The molecule has 0 fully saturated rings. The number of carbonyl (C=O) groups is 1. The van der Waals surface area contributed by atoms with Crippen LogP contribution < -0.4 is 0 Å². The summed E-state index contributed by atoms with van der Waals surface area (Å²) in [5.41, 5.74) is 3.16. The third-order valence-corrected chi connectivity index (χ3v) is 4.33. The van der Waals surface area contributed by atoms with Crippen molar-refractivity contribution in [1.29, 1.82) is 0 Å². The van der Waals surface area contributed by atoms with Crippen LogP contribution in [0, 0.1) is 0 Å². The fourth-order valence-corrected chi connectivity index (χ4v) is 2.97. The van der Waals surface area contributed by atoms with E-state index in [2.05, 4.69) is 9.97 Å². The van der Waals surface area contributed by atoms with Crippen molar-refractivity contribution in [2.24, 2.45) is 0 Å². The predicted octanol–water partition coefficient (Wildman–Crippen LogP) is 3.54. The number of pyridine rings is 2. The lowest BCUT2D eigenvalue weighted by Gasteiger charge is -2.20. The SMILES string of the molecule is CCN(Cc1cnc2ccccn12)C(=O)c1ccc2ccccc2n1. The molecule has 0 radical (unpaired) electrons. The van der Waals surface area contributed by atoms with Gasteiger partial charge in [0.1, 0.15) is 11.3 Å². The Morgan fingerprint density at radius 2 is 1.92 bits per heavy atom. The maximum atomic E-state index is 12.9.